The SMILES string of the molecule is Cc1cc(C(=O)Nc2nc(C(=O)Nc3cccc(NS(C)(=O)=O)c3)co2)no1. The maximum Gasteiger partial charge on any atom is 0.302 e. The minimum atomic E-state index is -3.45. The second-order valence-corrected chi connectivity index (χ2v) is 7.47. The first-order chi connectivity index (χ1) is 13.2. The minimum Gasteiger partial charge on any atom is -0.431 e. The number of aromatic nitrogens is 2. The van der Waals surface area contributed by atoms with Crippen molar-refractivity contribution in [3.8, 4) is 0 Å². The molecule has 0 saturated heterocycles. The van der Waals surface area contributed by atoms with Gasteiger partial charge >= 0.3 is 6.01 Å². The molecule has 11 nitrogen and oxygen atoms in total. The molecule has 0 radical (unpaired) electrons. The minimum absolute atomic E-state index is 0.0388. The highest BCUT2D eigenvalue weighted by Crippen LogP contribution is 2.17. The van der Waals surface area contributed by atoms with E-state index in [9.17, 15) is 18.0 Å². The van der Waals surface area contributed by atoms with E-state index in [-0.39, 0.29) is 23.1 Å². The first-order valence-corrected chi connectivity index (χ1v) is 9.68. The summed E-state index contributed by atoms with van der Waals surface area (Å²) in [6.07, 6.45) is 2.08. The number of carbonyl (C=O) groups excluding carboxylic acids is 2. The van der Waals surface area contributed by atoms with E-state index in [2.05, 4.69) is 25.5 Å². The number of aryl methyl sites for hydroxylation is 1. The molecule has 2 amide bonds. The molecule has 0 unspecified atom stereocenters. The first kappa shape index (κ1) is 19.1. The van der Waals surface area contributed by atoms with Gasteiger partial charge in [-0.2, -0.15) is 4.98 Å². The van der Waals surface area contributed by atoms with Crippen molar-refractivity contribution >= 4 is 39.2 Å². The highest BCUT2D eigenvalue weighted by Gasteiger charge is 2.17. The first-order valence-electron chi connectivity index (χ1n) is 7.79. The second-order valence-electron chi connectivity index (χ2n) is 5.72. The Bertz CT molecular complexity index is 1130. The van der Waals surface area contributed by atoms with Crippen molar-refractivity contribution in [2.75, 3.05) is 21.6 Å². The summed E-state index contributed by atoms with van der Waals surface area (Å²) >= 11 is 0. The molecule has 28 heavy (non-hydrogen) atoms. The smallest absolute Gasteiger partial charge is 0.302 e. The number of carbonyl (C=O) groups is 2. The van der Waals surface area contributed by atoms with E-state index in [1.807, 2.05) is 0 Å². The number of hydrogen-bond acceptors (Lipinski definition) is 8. The number of hydrogen-bond donors (Lipinski definition) is 3. The predicted molar refractivity (Wildman–Crippen MR) is 98.6 cm³/mol. The van der Waals surface area contributed by atoms with Gasteiger partial charge in [-0.15, -0.1) is 0 Å². The van der Waals surface area contributed by atoms with Crippen LogP contribution in [-0.2, 0) is 10.0 Å². The number of nitrogens with zero attached hydrogens (tertiary/aromatic N) is 2. The van der Waals surface area contributed by atoms with E-state index in [1.54, 1.807) is 19.1 Å². The summed E-state index contributed by atoms with van der Waals surface area (Å²) in [4.78, 5) is 28.1. The third-order valence-electron chi connectivity index (χ3n) is 3.24. The summed E-state index contributed by atoms with van der Waals surface area (Å²) in [6, 6.07) is 7.35. The van der Waals surface area contributed by atoms with Crippen LogP contribution in [0.25, 0.3) is 0 Å². The summed E-state index contributed by atoms with van der Waals surface area (Å²) in [6.45, 7) is 1.64. The number of amides is 2. The Morgan fingerprint density at radius 3 is 2.43 bits per heavy atom. The van der Waals surface area contributed by atoms with Crippen LogP contribution in [0.15, 0.2) is 45.5 Å². The lowest BCUT2D eigenvalue weighted by Crippen LogP contribution is -2.15. The molecule has 0 aliphatic carbocycles. The molecule has 0 spiro atoms. The molecule has 2 aromatic heterocycles. The van der Waals surface area contributed by atoms with Crippen LogP contribution in [0, 0.1) is 6.92 Å². The number of rotatable bonds is 6. The van der Waals surface area contributed by atoms with Crippen LogP contribution in [0.5, 0.6) is 0 Å². The lowest BCUT2D eigenvalue weighted by molar-refractivity contribution is 0.100. The molecular formula is C16H15N5O6S. The normalized spacial score (nSPS) is 11.1. The molecule has 0 fully saturated rings. The molecule has 3 N–H and O–H groups in total. The maximum absolute atomic E-state index is 12.3. The zero-order chi connectivity index (χ0) is 20.3. The molecule has 0 saturated carbocycles. The zero-order valence-corrected chi connectivity index (χ0v) is 15.5. The average molecular weight is 405 g/mol. The molecule has 3 rings (SSSR count). The molecule has 0 aliphatic rings. The Morgan fingerprint density at radius 2 is 1.75 bits per heavy atom. The van der Waals surface area contributed by atoms with E-state index in [0.29, 0.717) is 11.4 Å². The Hall–Kier alpha value is -3.67. The van der Waals surface area contributed by atoms with Gasteiger partial charge in [-0.3, -0.25) is 19.6 Å². The lowest BCUT2D eigenvalue weighted by atomic mass is 10.3. The van der Waals surface area contributed by atoms with Crippen LogP contribution < -0.4 is 15.4 Å². The summed E-state index contributed by atoms with van der Waals surface area (Å²) in [5.41, 5.74) is 0.576. The molecular weight excluding hydrogens is 390 g/mol. The highest BCUT2D eigenvalue weighted by atomic mass is 32.2. The van der Waals surface area contributed by atoms with E-state index < -0.39 is 21.8 Å². The quantitative estimate of drug-likeness (QED) is 0.561. The zero-order valence-electron chi connectivity index (χ0n) is 14.7. The third-order valence-corrected chi connectivity index (χ3v) is 3.85. The van der Waals surface area contributed by atoms with Crippen molar-refractivity contribution in [1.82, 2.24) is 10.1 Å². The van der Waals surface area contributed by atoms with Gasteiger partial charge in [-0.25, -0.2) is 8.42 Å². The van der Waals surface area contributed by atoms with Crippen LogP contribution in [0.2, 0.25) is 0 Å². The van der Waals surface area contributed by atoms with Gasteiger partial charge in [-0.1, -0.05) is 11.2 Å². The summed E-state index contributed by atoms with van der Waals surface area (Å²) in [5, 5.41) is 8.46. The average Bonchev–Trinajstić information content (AvgIpc) is 3.23. The standard InChI is InChI=1S/C16H15N5O6S/c1-9-6-12(20-27-9)14(22)19-16-18-13(8-26-16)15(23)17-10-4-3-5-11(7-10)21-28(2,24)25/h3-8,21H,1-2H3,(H,17,23)(H,18,19,22). The molecule has 3 aromatic rings. The summed E-state index contributed by atoms with van der Waals surface area (Å²) in [7, 11) is -3.45. The fourth-order valence-electron chi connectivity index (χ4n) is 2.14. The summed E-state index contributed by atoms with van der Waals surface area (Å²) in [5.74, 6) is -0.756. The monoisotopic (exact) mass is 405 g/mol. The summed E-state index contributed by atoms with van der Waals surface area (Å²) < 4.78 is 34.7. The predicted octanol–water partition coefficient (Wildman–Crippen LogP) is 1.85. The van der Waals surface area contributed by atoms with Crippen molar-refractivity contribution in [1.29, 1.82) is 0 Å². The van der Waals surface area contributed by atoms with Gasteiger partial charge < -0.3 is 14.3 Å². The van der Waals surface area contributed by atoms with Gasteiger partial charge in [0.25, 0.3) is 11.8 Å². The van der Waals surface area contributed by atoms with Crippen LogP contribution >= 0.6 is 0 Å². The van der Waals surface area contributed by atoms with Crippen LogP contribution in [0.3, 0.4) is 0 Å². The fourth-order valence-corrected chi connectivity index (χ4v) is 2.69. The topological polar surface area (TPSA) is 156 Å². The van der Waals surface area contributed by atoms with Crippen LogP contribution in [0.4, 0.5) is 17.4 Å². The molecule has 146 valence electrons. The van der Waals surface area contributed by atoms with Crippen molar-refractivity contribution in [2.24, 2.45) is 0 Å². The van der Waals surface area contributed by atoms with Crippen molar-refractivity contribution in [3.63, 3.8) is 0 Å². The number of benzene rings is 1. The van der Waals surface area contributed by atoms with Crippen LogP contribution in [-0.4, -0.2) is 36.6 Å². The second kappa shape index (κ2) is 7.52. The van der Waals surface area contributed by atoms with Crippen molar-refractivity contribution in [3.05, 3.63) is 53.7 Å². The number of anilines is 3. The van der Waals surface area contributed by atoms with Crippen molar-refractivity contribution < 1.29 is 26.9 Å². The molecule has 0 atom stereocenters. The van der Waals surface area contributed by atoms with E-state index in [4.69, 9.17) is 8.94 Å². The van der Waals surface area contributed by atoms with Gasteiger partial charge in [0.2, 0.25) is 10.0 Å². The molecule has 1 aromatic carbocycles. The Labute approximate surface area is 159 Å². The molecule has 12 heteroatoms. The van der Waals surface area contributed by atoms with Gasteiger partial charge in [0.15, 0.2) is 11.4 Å². The van der Waals surface area contributed by atoms with E-state index >= 15 is 0 Å². The molecule has 0 aliphatic heterocycles. The van der Waals surface area contributed by atoms with Gasteiger partial charge in [-0.05, 0) is 25.1 Å². The van der Waals surface area contributed by atoms with Gasteiger partial charge in [0.1, 0.15) is 12.0 Å². The van der Waals surface area contributed by atoms with Gasteiger partial charge in [0.05, 0.1) is 11.9 Å². The fraction of sp³-hybridized carbons (Fsp3) is 0.125. The molecule has 0 bridgehead atoms. The van der Waals surface area contributed by atoms with Crippen molar-refractivity contribution in [2.45, 2.75) is 6.92 Å². The maximum atomic E-state index is 12.3. The lowest BCUT2D eigenvalue weighted by Gasteiger charge is -2.07. The largest absolute Gasteiger partial charge is 0.431 e. The number of nitrogens with one attached hydrogen (secondary N) is 3. The van der Waals surface area contributed by atoms with Gasteiger partial charge in [0, 0.05) is 11.8 Å². The van der Waals surface area contributed by atoms with Crippen LogP contribution in [0.1, 0.15) is 26.7 Å². The third kappa shape index (κ3) is 4.94. The van der Waals surface area contributed by atoms with E-state index in [1.165, 1.54) is 18.2 Å². The molecule has 2 heterocycles. The number of sulfonamides is 1. The number of oxazole rings is 1. The Kier molecular flexibility index (Phi) is 5.13. The highest BCUT2D eigenvalue weighted by molar-refractivity contribution is 7.92. The Balaban J connectivity index is 1.66. The van der Waals surface area contributed by atoms with E-state index in [0.717, 1.165) is 12.5 Å². The Morgan fingerprint density at radius 1 is 1.04 bits per heavy atom.